The minimum atomic E-state index is -1.06. The van der Waals surface area contributed by atoms with Gasteiger partial charge in [-0.2, -0.15) is 0 Å². The van der Waals surface area contributed by atoms with Gasteiger partial charge < -0.3 is 19.3 Å². The third-order valence-electron chi connectivity index (χ3n) is 3.58. The fraction of sp³-hybridized carbons (Fsp3) is 0.238. The third kappa shape index (κ3) is 6.18. The van der Waals surface area contributed by atoms with Crippen LogP contribution in [0.25, 0.3) is 6.08 Å². The Morgan fingerprint density at radius 1 is 1.04 bits per heavy atom. The van der Waals surface area contributed by atoms with Crippen molar-refractivity contribution in [2.75, 3.05) is 20.3 Å². The average molecular weight is 370 g/mol. The van der Waals surface area contributed by atoms with E-state index in [-0.39, 0.29) is 5.78 Å². The number of hydrogen-bond donors (Lipinski definition) is 1. The Kier molecular flexibility index (Phi) is 7.43. The maximum absolute atomic E-state index is 12.3. The highest BCUT2D eigenvalue weighted by Crippen LogP contribution is 2.28. The second kappa shape index (κ2) is 10.0. The first-order valence-corrected chi connectivity index (χ1v) is 8.51. The van der Waals surface area contributed by atoms with Crippen LogP contribution in [0.4, 0.5) is 0 Å². The lowest BCUT2D eigenvalue weighted by Crippen LogP contribution is -2.09. The van der Waals surface area contributed by atoms with E-state index in [0.29, 0.717) is 29.4 Å². The zero-order valence-corrected chi connectivity index (χ0v) is 15.3. The molecule has 0 spiro atoms. The van der Waals surface area contributed by atoms with Crippen molar-refractivity contribution in [3.05, 3.63) is 59.7 Å². The van der Waals surface area contributed by atoms with Crippen molar-refractivity contribution in [3.63, 3.8) is 0 Å². The van der Waals surface area contributed by atoms with Gasteiger partial charge in [-0.1, -0.05) is 19.1 Å². The van der Waals surface area contributed by atoms with Gasteiger partial charge in [-0.15, -0.1) is 0 Å². The van der Waals surface area contributed by atoms with Crippen molar-refractivity contribution < 1.29 is 28.9 Å². The number of ether oxygens (including phenoxy) is 3. The Hall–Kier alpha value is -3.28. The quantitative estimate of drug-likeness (QED) is 0.505. The molecule has 0 aliphatic rings. The molecule has 0 amide bonds. The van der Waals surface area contributed by atoms with E-state index in [1.54, 1.807) is 43.5 Å². The van der Waals surface area contributed by atoms with E-state index >= 15 is 0 Å². The van der Waals surface area contributed by atoms with Gasteiger partial charge in [0, 0.05) is 5.56 Å². The van der Waals surface area contributed by atoms with Gasteiger partial charge in [-0.3, -0.25) is 4.79 Å². The molecule has 0 saturated heterocycles. The van der Waals surface area contributed by atoms with Crippen molar-refractivity contribution in [3.8, 4) is 17.2 Å². The predicted molar refractivity (Wildman–Crippen MR) is 102 cm³/mol. The van der Waals surface area contributed by atoms with Crippen molar-refractivity contribution in [1.29, 1.82) is 0 Å². The molecule has 0 heterocycles. The molecule has 0 atom stereocenters. The van der Waals surface area contributed by atoms with Gasteiger partial charge in [0.2, 0.25) is 0 Å². The molecule has 27 heavy (non-hydrogen) atoms. The standard InChI is InChI=1S/C21H22O6/c1-3-12-26-19-11-5-15(13-20(19)25-2)4-10-18(22)16-6-8-17(9-7-16)27-14-21(23)24/h4-11,13H,3,12,14H2,1-2H3,(H,23,24). The van der Waals surface area contributed by atoms with Crippen LogP contribution in [0.3, 0.4) is 0 Å². The van der Waals surface area contributed by atoms with Gasteiger partial charge >= 0.3 is 5.97 Å². The highest BCUT2D eigenvalue weighted by Gasteiger charge is 2.06. The van der Waals surface area contributed by atoms with E-state index in [4.69, 9.17) is 19.3 Å². The van der Waals surface area contributed by atoms with Crippen molar-refractivity contribution in [2.45, 2.75) is 13.3 Å². The number of aliphatic carboxylic acids is 1. The van der Waals surface area contributed by atoms with E-state index in [1.165, 1.54) is 6.08 Å². The number of carboxylic acid groups (broad SMARTS) is 1. The summed E-state index contributed by atoms with van der Waals surface area (Å²) in [4.78, 5) is 22.8. The Morgan fingerprint density at radius 3 is 2.41 bits per heavy atom. The zero-order valence-electron chi connectivity index (χ0n) is 15.3. The van der Waals surface area contributed by atoms with Crippen molar-refractivity contribution >= 4 is 17.8 Å². The highest BCUT2D eigenvalue weighted by molar-refractivity contribution is 6.06. The molecule has 6 nitrogen and oxygen atoms in total. The molecule has 0 fully saturated rings. The molecule has 2 rings (SSSR count). The molecule has 0 aliphatic carbocycles. The SMILES string of the molecule is CCCOc1ccc(C=CC(=O)c2ccc(OCC(=O)O)cc2)cc1OC. The molecule has 142 valence electrons. The smallest absolute Gasteiger partial charge is 0.341 e. The first-order valence-electron chi connectivity index (χ1n) is 8.51. The number of hydrogen-bond acceptors (Lipinski definition) is 5. The fourth-order valence-electron chi connectivity index (χ4n) is 2.25. The molecule has 1 N–H and O–H groups in total. The summed E-state index contributed by atoms with van der Waals surface area (Å²) >= 11 is 0. The lowest BCUT2D eigenvalue weighted by atomic mass is 10.1. The van der Waals surface area contributed by atoms with E-state index in [9.17, 15) is 9.59 Å². The minimum Gasteiger partial charge on any atom is -0.493 e. The van der Waals surface area contributed by atoms with Crippen LogP contribution in [0.5, 0.6) is 17.2 Å². The molecule has 6 heteroatoms. The summed E-state index contributed by atoms with van der Waals surface area (Å²) in [5.74, 6) is 0.438. The number of carbonyl (C=O) groups excluding carboxylic acids is 1. The van der Waals surface area contributed by atoms with Gasteiger partial charge in [-0.25, -0.2) is 4.79 Å². The number of ketones is 1. The third-order valence-corrected chi connectivity index (χ3v) is 3.58. The number of carboxylic acids is 1. The van der Waals surface area contributed by atoms with Crippen LogP contribution >= 0.6 is 0 Å². The zero-order chi connectivity index (χ0) is 19.6. The highest BCUT2D eigenvalue weighted by atomic mass is 16.5. The van der Waals surface area contributed by atoms with E-state index in [2.05, 4.69) is 0 Å². The predicted octanol–water partition coefficient (Wildman–Crippen LogP) is 3.84. The van der Waals surface area contributed by atoms with Crippen LogP contribution in [0.2, 0.25) is 0 Å². The first-order chi connectivity index (χ1) is 13.0. The molecule has 2 aromatic rings. The Labute approximate surface area is 158 Å². The van der Waals surface area contributed by atoms with Gasteiger partial charge in [0.1, 0.15) is 5.75 Å². The maximum Gasteiger partial charge on any atom is 0.341 e. The number of benzene rings is 2. The molecule has 0 radical (unpaired) electrons. The fourth-order valence-corrected chi connectivity index (χ4v) is 2.25. The maximum atomic E-state index is 12.3. The average Bonchev–Trinajstić information content (AvgIpc) is 2.69. The summed E-state index contributed by atoms with van der Waals surface area (Å²) in [5.41, 5.74) is 1.29. The van der Waals surface area contributed by atoms with Crippen LogP contribution in [0, 0.1) is 0 Å². The Bertz CT molecular complexity index is 808. The lowest BCUT2D eigenvalue weighted by molar-refractivity contribution is -0.139. The van der Waals surface area contributed by atoms with Gasteiger partial charge in [-0.05, 0) is 54.5 Å². The van der Waals surface area contributed by atoms with E-state index < -0.39 is 12.6 Å². The van der Waals surface area contributed by atoms with Crippen LogP contribution in [-0.2, 0) is 4.79 Å². The molecule has 0 aromatic heterocycles. The summed E-state index contributed by atoms with van der Waals surface area (Å²) in [6.07, 6.45) is 4.07. The second-order valence-corrected chi connectivity index (χ2v) is 5.66. The van der Waals surface area contributed by atoms with Crippen molar-refractivity contribution in [2.24, 2.45) is 0 Å². The van der Waals surface area contributed by atoms with Gasteiger partial charge in [0.05, 0.1) is 13.7 Å². The molecule has 0 aliphatic heterocycles. The van der Waals surface area contributed by atoms with Crippen LogP contribution in [-0.4, -0.2) is 37.2 Å². The molecular formula is C21H22O6. The number of carbonyl (C=O) groups is 2. The number of methoxy groups -OCH3 is 1. The Balaban J connectivity index is 2.04. The second-order valence-electron chi connectivity index (χ2n) is 5.66. The summed E-state index contributed by atoms with van der Waals surface area (Å²) in [7, 11) is 1.57. The summed E-state index contributed by atoms with van der Waals surface area (Å²) in [5, 5.41) is 8.59. The van der Waals surface area contributed by atoms with Gasteiger partial charge in [0.15, 0.2) is 23.9 Å². The van der Waals surface area contributed by atoms with Crippen LogP contribution in [0.1, 0.15) is 29.3 Å². The summed E-state index contributed by atoms with van der Waals surface area (Å²) in [6, 6.07) is 11.8. The summed E-state index contributed by atoms with van der Waals surface area (Å²) in [6.45, 7) is 2.21. The lowest BCUT2D eigenvalue weighted by Gasteiger charge is -2.10. The molecule has 0 bridgehead atoms. The van der Waals surface area contributed by atoms with E-state index in [0.717, 1.165) is 12.0 Å². The Morgan fingerprint density at radius 2 is 1.78 bits per heavy atom. The summed E-state index contributed by atoms with van der Waals surface area (Å²) < 4.78 is 16.0. The van der Waals surface area contributed by atoms with Crippen LogP contribution < -0.4 is 14.2 Å². The van der Waals surface area contributed by atoms with Crippen molar-refractivity contribution in [1.82, 2.24) is 0 Å². The number of allylic oxidation sites excluding steroid dienone is 1. The molecule has 0 unspecified atom stereocenters. The largest absolute Gasteiger partial charge is 0.493 e. The number of rotatable bonds is 10. The minimum absolute atomic E-state index is 0.176. The first kappa shape index (κ1) is 20.0. The van der Waals surface area contributed by atoms with Gasteiger partial charge in [0.25, 0.3) is 0 Å². The molecular weight excluding hydrogens is 348 g/mol. The topological polar surface area (TPSA) is 82.1 Å². The van der Waals surface area contributed by atoms with Crippen LogP contribution in [0.15, 0.2) is 48.5 Å². The molecule has 0 saturated carbocycles. The normalized spacial score (nSPS) is 10.6. The van der Waals surface area contributed by atoms with E-state index in [1.807, 2.05) is 19.1 Å². The molecule has 2 aromatic carbocycles. The monoisotopic (exact) mass is 370 g/mol.